The monoisotopic (exact) mass is 728 g/mol. The molecule has 0 saturated heterocycles. The summed E-state index contributed by atoms with van der Waals surface area (Å²) in [5, 5.41) is 19.2. The van der Waals surface area contributed by atoms with Gasteiger partial charge in [-0.2, -0.15) is 0 Å². The Bertz CT molecular complexity index is 2200. The van der Waals surface area contributed by atoms with Crippen molar-refractivity contribution in [2.24, 2.45) is 4.99 Å². The largest absolute Gasteiger partial charge is 0.378 e. The Hall–Kier alpha value is -5.62. The van der Waals surface area contributed by atoms with E-state index >= 15 is 0 Å². The smallest absolute Gasteiger partial charge is 0.226 e. The van der Waals surface area contributed by atoms with Crippen LogP contribution in [-0.4, -0.2) is 44.2 Å². The lowest BCUT2D eigenvalue weighted by atomic mass is 9.91. The van der Waals surface area contributed by atoms with Gasteiger partial charge in [0, 0.05) is 64.1 Å². The molecule has 11 nitrogen and oxygen atoms in total. The highest BCUT2D eigenvalue weighted by Crippen LogP contribution is 2.40. The van der Waals surface area contributed by atoms with Crippen molar-refractivity contribution in [3.8, 4) is 5.00 Å². The summed E-state index contributed by atoms with van der Waals surface area (Å²) in [4.78, 5) is 46.3. The van der Waals surface area contributed by atoms with Crippen LogP contribution < -0.4 is 20.9 Å². The number of aromatic nitrogens is 3. The first kappa shape index (κ1) is 35.8. The summed E-state index contributed by atoms with van der Waals surface area (Å²) in [5.74, 6) is 1.50. The fraction of sp³-hybridized carbons (Fsp3) is 0.317. The average molecular weight is 729 g/mol. The number of thiophene rings is 1. The molecule has 4 heterocycles. The minimum absolute atomic E-state index is 0.0552. The molecule has 2 aliphatic heterocycles. The fourth-order valence-electron chi connectivity index (χ4n) is 7.20. The molecule has 0 unspecified atom stereocenters. The first-order valence-corrected chi connectivity index (χ1v) is 19.0. The molecule has 5 aromatic rings. The number of benzene rings is 3. The highest BCUT2D eigenvalue weighted by atomic mass is 32.1. The predicted octanol–water partition coefficient (Wildman–Crippen LogP) is 8.04. The maximum atomic E-state index is 12.8. The van der Waals surface area contributed by atoms with Crippen molar-refractivity contribution in [1.82, 2.24) is 14.8 Å². The highest BCUT2D eigenvalue weighted by molar-refractivity contribution is 7.15. The summed E-state index contributed by atoms with van der Waals surface area (Å²) >= 11 is 1.72. The third kappa shape index (κ3) is 7.36. The van der Waals surface area contributed by atoms with Crippen LogP contribution in [0.2, 0.25) is 0 Å². The number of nitrogens with one attached hydrogen (secondary N) is 3. The molecule has 0 fully saturated rings. The van der Waals surface area contributed by atoms with Crippen LogP contribution in [0.15, 0.2) is 77.8 Å². The first-order chi connectivity index (χ1) is 25.6. The van der Waals surface area contributed by atoms with Gasteiger partial charge in [0.1, 0.15) is 17.4 Å². The van der Waals surface area contributed by atoms with Crippen molar-refractivity contribution in [1.29, 1.82) is 0 Å². The SMILES string of the molecule is CCC(=O)N1c2ccccc2[C@H](Nc2ccc(NC(=O)CCCC(=O)Nc3ccc(C4=NCc5nnc(C)n5-c5sc(C)c(C)c54)cc3)cc2)C[C@@H]1C. The van der Waals surface area contributed by atoms with Crippen LogP contribution in [0.4, 0.5) is 22.7 Å². The summed E-state index contributed by atoms with van der Waals surface area (Å²) in [6.45, 7) is 10.6. The molecule has 0 spiro atoms. The summed E-state index contributed by atoms with van der Waals surface area (Å²) < 4.78 is 2.10. The summed E-state index contributed by atoms with van der Waals surface area (Å²) in [6, 6.07) is 23.6. The van der Waals surface area contributed by atoms with E-state index in [0.717, 1.165) is 56.8 Å². The molecule has 0 radical (unpaired) electrons. The van der Waals surface area contributed by atoms with Gasteiger partial charge < -0.3 is 20.9 Å². The summed E-state index contributed by atoms with van der Waals surface area (Å²) in [5.41, 5.74) is 8.52. The van der Waals surface area contributed by atoms with E-state index in [2.05, 4.69) is 57.6 Å². The number of fused-ring (bicyclic) bond motifs is 4. The van der Waals surface area contributed by atoms with Crippen molar-refractivity contribution in [3.05, 3.63) is 112 Å². The van der Waals surface area contributed by atoms with Gasteiger partial charge in [-0.15, -0.1) is 21.5 Å². The fourth-order valence-corrected chi connectivity index (χ4v) is 8.43. The molecular weight excluding hydrogens is 685 g/mol. The van der Waals surface area contributed by atoms with Gasteiger partial charge in [0.05, 0.1) is 11.8 Å². The molecule has 3 N–H and O–H groups in total. The first-order valence-electron chi connectivity index (χ1n) is 18.1. The number of amides is 3. The van der Waals surface area contributed by atoms with Gasteiger partial charge in [-0.25, -0.2) is 0 Å². The zero-order chi connectivity index (χ0) is 37.2. The van der Waals surface area contributed by atoms with Crippen LogP contribution in [0.5, 0.6) is 0 Å². The molecule has 12 heteroatoms. The Balaban J connectivity index is 0.894. The van der Waals surface area contributed by atoms with E-state index < -0.39 is 0 Å². The molecule has 7 rings (SSSR count). The molecule has 2 aliphatic rings. The van der Waals surface area contributed by atoms with E-state index in [9.17, 15) is 14.4 Å². The molecule has 53 heavy (non-hydrogen) atoms. The molecule has 272 valence electrons. The van der Waals surface area contributed by atoms with E-state index in [1.165, 1.54) is 10.4 Å². The van der Waals surface area contributed by atoms with Crippen molar-refractivity contribution in [3.63, 3.8) is 0 Å². The predicted molar refractivity (Wildman–Crippen MR) is 211 cm³/mol. The second-order valence-electron chi connectivity index (χ2n) is 13.7. The number of carbonyl (C=O) groups excluding carboxylic acids is 3. The lowest BCUT2D eigenvalue weighted by Crippen LogP contribution is -2.44. The number of nitrogens with zero attached hydrogens (tertiary/aromatic N) is 5. The zero-order valence-electron chi connectivity index (χ0n) is 30.7. The van der Waals surface area contributed by atoms with E-state index in [4.69, 9.17) is 4.99 Å². The van der Waals surface area contributed by atoms with Crippen molar-refractivity contribution in [2.75, 3.05) is 20.9 Å². The highest BCUT2D eigenvalue weighted by Gasteiger charge is 2.33. The van der Waals surface area contributed by atoms with Gasteiger partial charge >= 0.3 is 0 Å². The number of hydrogen-bond acceptors (Lipinski definition) is 8. The zero-order valence-corrected chi connectivity index (χ0v) is 31.5. The van der Waals surface area contributed by atoms with Gasteiger partial charge in [0.15, 0.2) is 5.82 Å². The van der Waals surface area contributed by atoms with Crippen molar-refractivity contribution in [2.45, 2.75) is 85.4 Å². The number of rotatable bonds is 10. The Morgan fingerprint density at radius 1 is 0.849 bits per heavy atom. The molecule has 3 aromatic carbocycles. The van der Waals surface area contributed by atoms with Crippen LogP contribution in [0.3, 0.4) is 0 Å². The van der Waals surface area contributed by atoms with E-state index in [1.54, 1.807) is 11.3 Å². The van der Waals surface area contributed by atoms with Crippen molar-refractivity contribution >= 4 is 57.5 Å². The van der Waals surface area contributed by atoms with Crippen LogP contribution in [-0.2, 0) is 20.9 Å². The standard InChI is InChI=1S/C41H44N8O3S/c1-6-38(52)48-24(2)22-33(32-10-7-8-11-34(32)48)43-29-18-20-31(21-19-29)45-37(51)13-9-12-36(50)44-30-16-14-28(15-17-30)40-39-25(3)26(4)53-41(39)49-27(5)46-47-35(49)23-42-40/h7-8,10-11,14-21,24,33,43H,6,9,12-13,22-23H2,1-5H3,(H,44,50)(H,45,51)/t24-,33+/m0/s1. The Labute approximate surface area is 313 Å². The second kappa shape index (κ2) is 15.2. The Morgan fingerprint density at radius 2 is 1.49 bits per heavy atom. The molecule has 2 atom stereocenters. The number of aryl methyl sites for hydroxylation is 2. The molecule has 0 aliphatic carbocycles. The van der Waals surface area contributed by atoms with Gasteiger partial charge in [0.2, 0.25) is 17.7 Å². The Kier molecular flexibility index (Phi) is 10.2. The van der Waals surface area contributed by atoms with E-state index in [0.29, 0.717) is 30.8 Å². The third-order valence-electron chi connectivity index (χ3n) is 10.00. The quantitative estimate of drug-likeness (QED) is 0.133. The van der Waals surface area contributed by atoms with E-state index in [-0.39, 0.29) is 42.6 Å². The second-order valence-corrected chi connectivity index (χ2v) is 14.9. The summed E-state index contributed by atoms with van der Waals surface area (Å²) in [7, 11) is 0. The number of anilines is 4. The molecule has 2 aromatic heterocycles. The average Bonchev–Trinajstić information content (AvgIpc) is 3.60. The molecule has 0 bridgehead atoms. The minimum atomic E-state index is -0.145. The van der Waals surface area contributed by atoms with Gasteiger partial charge in [-0.3, -0.25) is 23.9 Å². The third-order valence-corrected chi connectivity index (χ3v) is 11.2. The van der Waals surface area contributed by atoms with Gasteiger partial charge in [-0.1, -0.05) is 37.3 Å². The Morgan fingerprint density at radius 3 is 2.17 bits per heavy atom. The van der Waals surface area contributed by atoms with Crippen LogP contribution in [0, 0.1) is 20.8 Å². The maximum absolute atomic E-state index is 12.8. The normalized spacial score (nSPS) is 16.1. The van der Waals surface area contributed by atoms with Crippen molar-refractivity contribution < 1.29 is 14.4 Å². The van der Waals surface area contributed by atoms with E-state index in [1.807, 2.05) is 85.5 Å². The minimum Gasteiger partial charge on any atom is -0.378 e. The molecular formula is C41H44N8O3S. The number of hydrogen-bond donors (Lipinski definition) is 3. The lowest BCUT2D eigenvalue weighted by molar-refractivity contribution is -0.119. The number of aliphatic imine (C=N–C) groups is 1. The topological polar surface area (TPSA) is 134 Å². The summed E-state index contributed by atoms with van der Waals surface area (Å²) in [6.07, 6.45) is 2.13. The number of para-hydroxylation sites is 1. The molecule has 0 saturated carbocycles. The van der Waals surface area contributed by atoms with Crippen LogP contribution in [0.25, 0.3) is 5.00 Å². The van der Waals surface area contributed by atoms with Crippen LogP contribution in [0.1, 0.15) is 90.8 Å². The van der Waals surface area contributed by atoms with Crippen LogP contribution >= 0.6 is 11.3 Å². The van der Waals surface area contributed by atoms with Gasteiger partial charge in [0.25, 0.3) is 0 Å². The molecule has 3 amide bonds. The maximum Gasteiger partial charge on any atom is 0.226 e. The van der Waals surface area contributed by atoms with Gasteiger partial charge in [-0.05, 0) is 94.1 Å². The number of carbonyl (C=O) groups is 3. The lowest BCUT2D eigenvalue weighted by Gasteiger charge is -2.40.